The van der Waals surface area contributed by atoms with Gasteiger partial charge in [0.15, 0.2) is 5.84 Å². The van der Waals surface area contributed by atoms with Gasteiger partial charge in [-0.3, -0.25) is 39.6 Å². The van der Waals surface area contributed by atoms with Crippen LogP contribution in [-0.2, 0) is 25.0 Å². The summed E-state index contributed by atoms with van der Waals surface area (Å²) < 4.78 is 64.9. The first-order valence-electron chi connectivity index (χ1n) is 11.6. The number of carbonyl (C=O) groups excluding carboxylic acids is 1. The molecule has 0 spiro atoms. The summed E-state index contributed by atoms with van der Waals surface area (Å²) in [5.41, 5.74) is 1.01. The predicted molar refractivity (Wildman–Crippen MR) is 148 cm³/mol. The largest absolute Gasteiger partial charge is 1.00 e. The molecule has 5 N–H and O–H groups in total. The molecule has 18 nitrogen and oxygen atoms in total. The Labute approximate surface area is 340 Å². The number of hydrogen-bond donors (Lipinski definition) is 5. The zero-order valence-corrected chi connectivity index (χ0v) is 31.8. The summed E-state index contributed by atoms with van der Waals surface area (Å²) in [7, 11) is -6.79. The van der Waals surface area contributed by atoms with Crippen LogP contribution in [0.3, 0.4) is 0 Å². The van der Waals surface area contributed by atoms with Crippen LogP contribution < -0.4 is 134 Å². The van der Waals surface area contributed by atoms with Gasteiger partial charge < -0.3 is 15.1 Å². The number of amides is 1. The Balaban J connectivity index is 0.00000353. The number of carbonyl (C=O) groups is 1. The van der Waals surface area contributed by atoms with Gasteiger partial charge in [-0.25, -0.2) is 14.7 Å². The van der Waals surface area contributed by atoms with Gasteiger partial charge in [0.25, 0.3) is 31.7 Å². The zero-order valence-electron chi connectivity index (χ0n) is 23.9. The monoisotopic (exact) mass is 710 g/mol. The maximum Gasteiger partial charge on any atom is 1.00 e. The second-order valence-corrected chi connectivity index (χ2v) is 11.4. The average Bonchev–Trinajstić information content (AvgIpc) is 3.43. The van der Waals surface area contributed by atoms with Crippen molar-refractivity contribution in [2.45, 2.75) is 9.79 Å². The fourth-order valence-electron chi connectivity index (χ4n) is 3.77. The Morgan fingerprint density at radius 3 is 1.87 bits per heavy atom. The number of aromatic nitrogens is 2. The van der Waals surface area contributed by atoms with E-state index in [-0.39, 0.29) is 137 Å². The van der Waals surface area contributed by atoms with Gasteiger partial charge in [0.05, 0.1) is 44.3 Å². The van der Waals surface area contributed by atoms with Gasteiger partial charge in [0.1, 0.15) is 5.82 Å². The molecule has 0 aliphatic carbocycles. The summed E-state index contributed by atoms with van der Waals surface area (Å²) in [5, 5.41) is 34.9. The van der Waals surface area contributed by atoms with Crippen LogP contribution >= 0.6 is 0 Å². The molecule has 2 heterocycles. The normalized spacial score (nSPS) is 15.4. The van der Waals surface area contributed by atoms with Gasteiger partial charge in [-0.05, 0) is 54.6 Å². The summed E-state index contributed by atoms with van der Waals surface area (Å²) in [4.78, 5) is 33.9. The van der Waals surface area contributed by atoms with E-state index in [9.17, 15) is 45.7 Å². The third-order valence-corrected chi connectivity index (χ3v) is 7.66. The first-order valence-corrected chi connectivity index (χ1v) is 14.5. The second kappa shape index (κ2) is 15.2. The Bertz CT molecular complexity index is 2000. The van der Waals surface area contributed by atoms with Crippen LogP contribution in [0.4, 0.5) is 11.5 Å². The van der Waals surface area contributed by atoms with Crippen LogP contribution in [-0.4, -0.2) is 73.6 Å². The van der Waals surface area contributed by atoms with Crippen LogP contribution in [0, 0.1) is 5.41 Å². The molecule has 0 radical (unpaired) electrons. The van der Waals surface area contributed by atoms with Crippen molar-refractivity contribution in [1.82, 2.24) is 15.2 Å². The Morgan fingerprint density at radius 1 is 0.933 bits per heavy atom. The SMILES string of the molecule is CN=C([O-])N=C1NN(c2ccc(S(=O)(=O)O)cc2)C(=O)/C1=C/c1c(N(C)C(=N)[O-])[nH]n(-c2ccc(S(=O)(=O)O)cc2)c1=O.[K+].[K+]. The van der Waals surface area contributed by atoms with Crippen LogP contribution in [0.2, 0.25) is 0 Å². The number of rotatable bonds is 6. The standard InChI is InChI=1S/C23H22N8O10S2.2K/c1-25-23(35)26-18-16(20(32)30(27-18)12-3-7-14(8-4-12)42(36,37)38)11-17-19(29(2)22(24)34)28-31(21(17)33)13-5-9-15(10-6-13)43(39,40)41;;/h3-11,28H,1-2H3,(H2,24,34)(H,36,37,38)(H,39,40,41)(H2,25,26,27,35);;/q;2*+1/p-2/b16-11+;;. The molecule has 1 fully saturated rings. The zero-order chi connectivity index (χ0) is 31.9. The molecule has 0 bridgehead atoms. The van der Waals surface area contributed by atoms with Crippen LogP contribution in [0.25, 0.3) is 11.8 Å². The summed E-state index contributed by atoms with van der Waals surface area (Å²) in [6.07, 6.45) is 0.986. The van der Waals surface area contributed by atoms with E-state index in [0.717, 1.165) is 71.2 Å². The number of hydrogen-bond acceptors (Lipinski definition) is 10. The van der Waals surface area contributed by atoms with E-state index in [1.165, 1.54) is 12.1 Å². The molecule has 1 saturated heterocycles. The number of amidine groups is 3. The number of benzene rings is 2. The minimum atomic E-state index is -4.54. The van der Waals surface area contributed by atoms with E-state index >= 15 is 0 Å². The smallest absolute Gasteiger partial charge is 0.846 e. The Kier molecular flexibility index (Phi) is 13.3. The van der Waals surface area contributed by atoms with E-state index in [4.69, 9.17) is 5.41 Å². The number of nitrogens with one attached hydrogen (secondary N) is 3. The van der Waals surface area contributed by atoms with E-state index in [2.05, 4.69) is 20.5 Å². The number of nitrogens with zero attached hydrogens (tertiary/aromatic N) is 5. The summed E-state index contributed by atoms with van der Waals surface area (Å²) in [6, 6.07) is 6.41. The molecule has 1 aliphatic rings. The minimum absolute atomic E-state index is 0. The molecule has 4 rings (SSSR count). The van der Waals surface area contributed by atoms with Crippen LogP contribution in [0.15, 0.2) is 78.7 Å². The molecular formula is C23H20K2N8O10S2. The molecule has 0 atom stereocenters. The maximum atomic E-state index is 13.5. The van der Waals surface area contributed by atoms with Crippen molar-refractivity contribution in [2.24, 2.45) is 9.98 Å². The van der Waals surface area contributed by atoms with Crippen molar-refractivity contribution in [2.75, 3.05) is 24.0 Å². The molecule has 1 aliphatic heterocycles. The molecule has 1 aromatic heterocycles. The van der Waals surface area contributed by atoms with Gasteiger partial charge in [0, 0.05) is 14.1 Å². The molecule has 0 unspecified atom stereocenters. The van der Waals surface area contributed by atoms with Gasteiger partial charge in [-0.1, -0.05) is 0 Å². The molecule has 3 aromatic rings. The van der Waals surface area contributed by atoms with Crippen LogP contribution in [0.1, 0.15) is 5.56 Å². The molecule has 1 amide bonds. The van der Waals surface area contributed by atoms with Crippen molar-refractivity contribution in [1.29, 1.82) is 5.41 Å². The summed E-state index contributed by atoms with van der Waals surface area (Å²) >= 11 is 0. The molecule has 226 valence electrons. The number of aliphatic imine (C=N–C) groups is 2. The predicted octanol–water partition coefficient (Wildman–Crippen LogP) is -7.92. The van der Waals surface area contributed by atoms with Crippen LogP contribution in [0.5, 0.6) is 0 Å². The van der Waals surface area contributed by atoms with E-state index in [1.807, 2.05) is 0 Å². The minimum Gasteiger partial charge on any atom is -0.846 e. The van der Waals surface area contributed by atoms with E-state index in [0.29, 0.717) is 0 Å². The van der Waals surface area contributed by atoms with E-state index in [1.54, 1.807) is 0 Å². The molecule has 0 saturated carbocycles. The number of hydrazine groups is 1. The molecule has 22 heteroatoms. The van der Waals surface area contributed by atoms with Gasteiger partial charge >= 0.3 is 103 Å². The molecule has 2 aromatic carbocycles. The third-order valence-electron chi connectivity index (χ3n) is 5.93. The van der Waals surface area contributed by atoms with Crippen molar-refractivity contribution in [3.63, 3.8) is 0 Å². The van der Waals surface area contributed by atoms with Crippen molar-refractivity contribution >= 4 is 61.6 Å². The number of anilines is 2. The van der Waals surface area contributed by atoms with Crippen molar-refractivity contribution < 1.29 is 144 Å². The first-order chi connectivity index (χ1) is 20.0. The Morgan fingerprint density at radius 2 is 1.42 bits per heavy atom. The topological polar surface area (TPSA) is 277 Å². The van der Waals surface area contributed by atoms with Crippen molar-refractivity contribution in [3.05, 3.63) is 70.0 Å². The fourth-order valence-corrected chi connectivity index (χ4v) is 4.73. The third kappa shape index (κ3) is 8.66. The quantitative estimate of drug-likeness (QED) is 0.0525. The second-order valence-electron chi connectivity index (χ2n) is 8.59. The van der Waals surface area contributed by atoms with Crippen molar-refractivity contribution in [3.8, 4) is 5.69 Å². The molecule has 45 heavy (non-hydrogen) atoms. The van der Waals surface area contributed by atoms with Gasteiger partial charge in [-0.15, -0.1) is 0 Å². The Hall–Kier alpha value is -2.04. The summed E-state index contributed by atoms with van der Waals surface area (Å²) in [6.45, 7) is 0. The molecular weight excluding hydrogens is 691 g/mol. The number of H-pyrrole nitrogens is 1. The fraction of sp³-hybridized carbons (Fsp3) is 0.0870. The number of aromatic amines is 1. The van der Waals surface area contributed by atoms with E-state index < -0.39 is 53.5 Å². The van der Waals surface area contributed by atoms with Gasteiger partial charge in [0.2, 0.25) is 0 Å². The maximum absolute atomic E-state index is 13.5. The average molecular weight is 711 g/mol. The first kappa shape index (κ1) is 39.1. The van der Waals surface area contributed by atoms with Gasteiger partial charge in [-0.2, -0.15) is 16.8 Å². The summed E-state index contributed by atoms with van der Waals surface area (Å²) in [5.74, 6) is -1.54.